The molecule has 0 aliphatic rings. The van der Waals surface area contributed by atoms with Crippen molar-refractivity contribution in [1.29, 1.82) is 0 Å². The molecule has 0 spiro atoms. The van der Waals surface area contributed by atoms with Crippen LogP contribution < -0.4 is 0 Å². The molecular formula is C89H144O16P2. The Morgan fingerprint density at radius 3 is 0.794 bits per heavy atom. The lowest BCUT2D eigenvalue weighted by Crippen LogP contribution is -2.30. The minimum absolute atomic E-state index is 0.0327. The Kier molecular flexibility index (Phi) is 75.7. The summed E-state index contributed by atoms with van der Waals surface area (Å²) in [7, 11) is -9.83. The highest BCUT2D eigenvalue weighted by Crippen LogP contribution is 2.45. The maximum absolute atomic E-state index is 13.0. The summed E-state index contributed by atoms with van der Waals surface area (Å²) in [4.78, 5) is 58.6. The first kappa shape index (κ1) is 101. The molecule has 0 rings (SSSR count). The van der Waals surface area contributed by atoms with Crippen molar-refractivity contribution in [2.75, 3.05) is 39.6 Å². The molecule has 0 aromatic rings. The minimum atomic E-state index is -4.96. The van der Waals surface area contributed by atoms with Crippen molar-refractivity contribution in [3.05, 3.63) is 194 Å². The lowest BCUT2D eigenvalue weighted by Gasteiger charge is -2.21. The Bertz CT molecular complexity index is 2720. The SMILES string of the molecule is CC/C=C\C/C=C\C/C=C\C/C=C\C/C=C\C/C=C\CCCCCCCCCCCCCCCCCCC(=O)OCC(O)COP(=O)(O)OCC(O)COP(=O)(O)OCC(COC(=O)CC/C=C\C/C=C\C/C=C\C/C=C\C/C=C\C/C=C\CC)OC(=O)CCCCCC/C=C\C/C=C\C/C=C\C/C=C\CC. The molecular weight excluding hydrogens is 1390 g/mol. The van der Waals surface area contributed by atoms with Gasteiger partial charge in [-0.15, -0.1) is 0 Å². The van der Waals surface area contributed by atoms with Crippen LogP contribution in [0.2, 0.25) is 0 Å². The van der Waals surface area contributed by atoms with E-state index in [-0.39, 0.29) is 19.3 Å². The monoisotopic (exact) mass is 1530 g/mol. The highest BCUT2D eigenvalue weighted by atomic mass is 31.2. The number of phosphoric acid groups is 2. The first-order valence-corrected chi connectivity index (χ1v) is 43.7. The van der Waals surface area contributed by atoms with E-state index in [1.165, 1.54) is 83.5 Å². The summed E-state index contributed by atoms with van der Waals surface area (Å²) in [5.41, 5.74) is 0. The molecule has 0 saturated heterocycles. The van der Waals surface area contributed by atoms with Crippen LogP contribution in [-0.2, 0) is 55.8 Å². The van der Waals surface area contributed by atoms with E-state index in [9.17, 15) is 43.5 Å². The molecule has 0 aromatic carbocycles. The van der Waals surface area contributed by atoms with E-state index in [1.54, 1.807) is 0 Å². The number of hydrogen-bond acceptors (Lipinski definition) is 14. The predicted molar refractivity (Wildman–Crippen MR) is 444 cm³/mol. The summed E-state index contributed by atoms with van der Waals surface area (Å²) in [5.74, 6) is -1.71. The number of allylic oxidation sites excluding steroid dienone is 32. The van der Waals surface area contributed by atoms with Gasteiger partial charge in [0.1, 0.15) is 25.4 Å². The van der Waals surface area contributed by atoms with Crippen LogP contribution in [0.4, 0.5) is 0 Å². The number of unbranched alkanes of at least 4 members (excludes halogenated alkanes) is 20. The lowest BCUT2D eigenvalue weighted by atomic mass is 10.0. The van der Waals surface area contributed by atoms with Crippen molar-refractivity contribution in [2.24, 2.45) is 0 Å². The van der Waals surface area contributed by atoms with Gasteiger partial charge in [0.25, 0.3) is 0 Å². The number of phosphoric ester groups is 2. The molecule has 0 radical (unpaired) electrons. The molecule has 5 atom stereocenters. The predicted octanol–water partition coefficient (Wildman–Crippen LogP) is 24.3. The van der Waals surface area contributed by atoms with Crippen LogP contribution >= 0.6 is 15.6 Å². The number of carbonyl (C=O) groups excluding carboxylic acids is 3. The van der Waals surface area contributed by atoms with Crippen LogP contribution in [0.15, 0.2) is 194 Å². The molecule has 0 fully saturated rings. The zero-order chi connectivity index (χ0) is 78.0. The number of aliphatic hydroxyl groups excluding tert-OH is 2. The van der Waals surface area contributed by atoms with Gasteiger partial charge < -0.3 is 34.2 Å². The van der Waals surface area contributed by atoms with Gasteiger partial charge in [-0.2, -0.15) is 0 Å². The molecule has 0 aliphatic carbocycles. The number of hydrogen-bond donors (Lipinski definition) is 4. The van der Waals surface area contributed by atoms with Crippen molar-refractivity contribution in [3.63, 3.8) is 0 Å². The highest BCUT2D eigenvalue weighted by Gasteiger charge is 2.29. The standard InChI is InChI=1S/C89H144O16P2/c1-4-7-10-13-16-19-22-25-28-31-33-34-35-36-37-38-39-40-41-42-43-44-45-46-47-48-50-53-54-57-60-63-66-69-72-75-87(92)99-78-84(90)79-101-106(95,96)102-80-85(91)81-103-107(97,98)104-83-86(105-89(94)77-74-71-68-65-62-59-56-51-30-27-24-21-18-15-12-9-6-3)82-100-88(93)76-73-70-67-64-61-58-55-52-49-32-29-26-23-20-17-14-11-8-5-2/h7-12,16-21,25-30,33-34,36-37,39-40,49,52,56,58-59,61,67,70,84-86,90-91H,4-6,13-15,22-24,31-32,35,38,41-48,50-51,53-55,57,60,62-66,68-69,71-83H2,1-3H3,(H,95,96)(H,97,98)/b10-7-,11-8-,12-9-,19-16-,20-17-,21-18-,28-25-,29-26-,30-27-,34-33-,37-36-,40-39-,52-49-,59-56-,61-58-,70-67-. The fraction of sp³-hybridized carbons (Fsp3) is 0.607. The van der Waals surface area contributed by atoms with E-state index < -0.39 is 91.5 Å². The molecule has 5 unspecified atom stereocenters. The molecule has 0 aromatic heterocycles. The van der Waals surface area contributed by atoms with Gasteiger partial charge in [-0.05, 0) is 148 Å². The summed E-state index contributed by atoms with van der Waals surface area (Å²) in [6, 6.07) is 0. The minimum Gasteiger partial charge on any atom is -0.463 e. The van der Waals surface area contributed by atoms with Crippen LogP contribution in [0, 0.1) is 0 Å². The topological polar surface area (TPSA) is 231 Å². The van der Waals surface area contributed by atoms with Gasteiger partial charge in [-0.3, -0.25) is 32.5 Å². The number of ether oxygens (including phenoxy) is 3. The largest absolute Gasteiger partial charge is 0.472 e. The molecule has 18 heteroatoms. The molecule has 0 saturated carbocycles. The van der Waals surface area contributed by atoms with Crippen molar-refractivity contribution in [3.8, 4) is 0 Å². The summed E-state index contributed by atoms with van der Waals surface area (Å²) in [5, 5.41) is 20.7. The fourth-order valence-electron chi connectivity index (χ4n) is 10.2. The fourth-order valence-corrected chi connectivity index (χ4v) is 11.8. The average molecular weight is 1530 g/mol. The van der Waals surface area contributed by atoms with E-state index in [0.29, 0.717) is 25.7 Å². The Morgan fingerprint density at radius 1 is 0.262 bits per heavy atom. The molecule has 0 aliphatic heterocycles. The zero-order valence-electron chi connectivity index (χ0n) is 66.2. The molecule has 4 N–H and O–H groups in total. The van der Waals surface area contributed by atoms with Crippen molar-refractivity contribution < 1.29 is 75.8 Å². The number of rotatable bonds is 75. The van der Waals surface area contributed by atoms with E-state index in [2.05, 4.69) is 197 Å². The Morgan fingerprint density at radius 2 is 0.486 bits per heavy atom. The van der Waals surface area contributed by atoms with Gasteiger partial charge in [-0.25, -0.2) is 9.13 Å². The quantitative estimate of drug-likeness (QED) is 0.0146. The third-order valence-electron chi connectivity index (χ3n) is 16.3. The molecule has 0 heterocycles. The number of esters is 3. The molecule has 606 valence electrons. The average Bonchev–Trinajstić information content (AvgIpc) is 0.907. The summed E-state index contributed by atoms with van der Waals surface area (Å²) >= 11 is 0. The van der Waals surface area contributed by atoms with Crippen LogP contribution in [0.25, 0.3) is 0 Å². The van der Waals surface area contributed by atoms with Gasteiger partial charge in [0.05, 0.1) is 26.4 Å². The van der Waals surface area contributed by atoms with E-state index >= 15 is 0 Å². The first-order valence-electron chi connectivity index (χ1n) is 40.7. The van der Waals surface area contributed by atoms with Gasteiger partial charge in [0.2, 0.25) is 0 Å². The number of aliphatic hydroxyl groups is 2. The van der Waals surface area contributed by atoms with Gasteiger partial charge in [0, 0.05) is 19.3 Å². The summed E-state index contributed by atoms with van der Waals surface area (Å²) in [6.45, 7) is 2.20. The van der Waals surface area contributed by atoms with E-state index in [0.717, 1.165) is 141 Å². The number of carbonyl (C=O) groups is 3. The smallest absolute Gasteiger partial charge is 0.463 e. The van der Waals surface area contributed by atoms with E-state index in [1.807, 2.05) is 18.2 Å². The normalized spacial score (nSPS) is 14.9. The van der Waals surface area contributed by atoms with E-state index in [4.69, 9.17) is 32.3 Å². The van der Waals surface area contributed by atoms with Crippen LogP contribution in [-0.4, -0.2) is 95.9 Å². The van der Waals surface area contributed by atoms with Gasteiger partial charge in [0.15, 0.2) is 6.10 Å². The van der Waals surface area contributed by atoms with Crippen molar-refractivity contribution in [2.45, 2.75) is 309 Å². The maximum atomic E-state index is 13.0. The van der Waals surface area contributed by atoms with Gasteiger partial charge >= 0.3 is 33.6 Å². The zero-order valence-corrected chi connectivity index (χ0v) is 68.0. The Hall–Kier alpha value is -5.61. The second-order valence-electron chi connectivity index (χ2n) is 26.4. The third kappa shape index (κ3) is 81.2. The highest BCUT2D eigenvalue weighted by molar-refractivity contribution is 7.47. The van der Waals surface area contributed by atoms with Crippen LogP contribution in [0.5, 0.6) is 0 Å². The first-order chi connectivity index (χ1) is 52.2. The summed E-state index contributed by atoms with van der Waals surface area (Å²) in [6.07, 6.45) is 105. The molecule has 0 bridgehead atoms. The molecule has 107 heavy (non-hydrogen) atoms. The Balaban J connectivity index is 4.52. The second kappa shape index (κ2) is 79.9. The lowest BCUT2D eigenvalue weighted by molar-refractivity contribution is -0.161. The molecule has 16 nitrogen and oxygen atoms in total. The molecule has 0 amide bonds. The maximum Gasteiger partial charge on any atom is 0.472 e. The van der Waals surface area contributed by atoms with Crippen molar-refractivity contribution in [1.82, 2.24) is 0 Å². The van der Waals surface area contributed by atoms with Gasteiger partial charge in [-0.1, -0.05) is 318 Å². The Labute approximate surface area is 648 Å². The van der Waals surface area contributed by atoms with Crippen LogP contribution in [0.1, 0.15) is 290 Å². The van der Waals surface area contributed by atoms with Crippen molar-refractivity contribution >= 4 is 33.6 Å². The third-order valence-corrected chi connectivity index (χ3v) is 18.2. The summed E-state index contributed by atoms with van der Waals surface area (Å²) < 4.78 is 61.0. The second-order valence-corrected chi connectivity index (χ2v) is 29.3. The van der Waals surface area contributed by atoms with Crippen LogP contribution in [0.3, 0.4) is 0 Å².